The number of benzene rings is 1. The Morgan fingerprint density at radius 2 is 2.05 bits per heavy atom. The number of H-pyrrole nitrogens is 1. The van der Waals surface area contributed by atoms with Gasteiger partial charge in [0, 0.05) is 30.2 Å². The van der Waals surface area contributed by atoms with E-state index < -0.39 is 11.4 Å². The summed E-state index contributed by atoms with van der Waals surface area (Å²) >= 11 is 0. The molecule has 0 unspecified atom stereocenters. The lowest BCUT2D eigenvalue weighted by Gasteiger charge is -2.24. The third kappa shape index (κ3) is 2.18. The van der Waals surface area contributed by atoms with Gasteiger partial charge >= 0.3 is 5.97 Å². The van der Waals surface area contributed by atoms with E-state index in [0.717, 1.165) is 16.5 Å². The van der Waals surface area contributed by atoms with Gasteiger partial charge in [0.05, 0.1) is 0 Å². The minimum atomic E-state index is -1.16. The van der Waals surface area contributed by atoms with Crippen LogP contribution in [0, 0.1) is 5.41 Å². The first-order chi connectivity index (χ1) is 10.1. The summed E-state index contributed by atoms with van der Waals surface area (Å²) in [7, 11) is 0. The van der Waals surface area contributed by atoms with Crippen molar-refractivity contribution in [2.45, 2.75) is 26.3 Å². The van der Waals surface area contributed by atoms with E-state index in [9.17, 15) is 14.7 Å². The molecule has 1 heterocycles. The third-order valence-electron chi connectivity index (χ3n) is 4.27. The van der Waals surface area contributed by atoms with Crippen LogP contribution in [0.25, 0.3) is 10.9 Å². The SMILES string of the molecule is CCN(Cc1c[nH]c2ccccc12)C(=O)C1(C(=O)O)CC1. The Hall–Kier alpha value is -2.30. The summed E-state index contributed by atoms with van der Waals surface area (Å²) in [6.07, 6.45) is 2.79. The highest BCUT2D eigenvalue weighted by Gasteiger charge is 2.58. The van der Waals surface area contributed by atoms with Crippen molar-refractivity contribution < 1.29 is 14.7 Å². The summed E-state index contributed by atoms with van der Waals surface area (Å²) in [5.74, 6) is -1.26. The number of nitrogens with zero attached hydrogens (tertiary/aromatic N) is 1. The first-order valence-corrected chi connectivity index (χ1v) is 7.16. The zero-order chi connectivity index (χ0) is 15.0. The number of carbonyl (C=O) groups excluding carboxylic acids is 1. The van der Waals surface area contributed by atoms with Gasteiger partial charge in [0.15, 0.2) is 0 Å². The summed E-state index contributed by atoms with van der Waals surface area (Å²) in [5.41, 5.74) is 0.875. The molecule has 2 aromatic rings. The van der Waals surface area contributed by atoms with Crippen LogP contribution < -0.4 is 0 Å². The lowest BCUT2D eigenvalue weighted by Crippen LogP contribution is -2.40. The molecule has 1 aliphatic rings. The van der Waals surface area contributed by atoms with Gasteiger partial charge < -0.3 is 15.0 Å². The second kappa shape index (κ2) is 4.91. The van der Waals surface area contributed by atoms with Crippen LogP contribution >= 0.6 is 0 Å². The molecule has 2 N–H and O–H groups in total. The van der Waals surface area contributed by atoms with Gasteiger partial charge in [-0.25, -0.2) is 0 Å². The number of aromatic amines is 1. The molecule has 0 aliphatic heterocycles. The molecule has 5 nitrogen and oxygen atoms in total. The van der Waals surface area contributed by atoms with Crippen molar-refractivity contribution in [2.75, 3.05) is 6.54 Å². The molecule has 3 rings (SSSR count). The van der Waals surface area contributed by atoms with Crippen molar-refractivity contribution in [3.63, 3.8) is 0 Å². The largest absolute Gasteiger partial charge is 0.480 e. The van der Waals surface area contributed by atoms with Gasteiger partial charge in [-0.05, 0) is 31.4 Å². The lowest BCUT2D eigenvalue weighted by molar-refractivity contribution is -0.153. The van der Waals surface area contributed by atoms with E-state index in [4.69, 9.17) is 0 Å². The molecule has 21 heavy (non-hydrogen) atoms. The summed E-state index contributed by atoms with van der Waals surface area (Å²) in [6.45, 7) is 2.83. The topological polar surface area (TPSA) is 73.4 Å². The van der Waals surface area contributed by atoms with Crippen LogP contribution in [0.1, 0.15) is 25.3 Å². The molecule has 0 atom stereocenters. The quantitative estimate of drug-likeness (QED) is 0.829. The molecule has 1 fully saturated rings. The molecule has 110 valence electrons. The van der Waals surface area contributed by atoms with Gasteiger partial charge in [0.1, 0.15) is 5.41 Å². The summed E-state index contributed by atoms with van der Waals surface area (Å²) in [4.78, 5) is 28.6. The number of rotatable bonds is 5. The maximum atomic E-state index is 12.5. The highest BCUT2D eigenvalue weighted by molar-refractivity contribution is 6.04. The van der Waals surface area contributed by atoms with Crippen LogP contribution in [0.2, 0.25) is 0 Å². The fraction of sp³-hybridized carbons (Fsp3) is 0.375. The number of aromatic nitrogens is 1. The molecule has 0 bridgehead atoms. The molecule has 1 aliphatic carbocycles. The van der Waals surface area contributed by atoms with Gasteiger partial charge in [0.25, 0.3) is 0 Å². The molecular formula is C16H18N2O3. The fourth-order valence-electron chi connectivity index (χ4n) is 2.74. The van der Waals surface area contributed by atoms with Gasteiger partial charge in [-0.3, -0.25) is 9.59 Å². The number of carboxylic acids is 1. The zero-order valence-corrected chi connectivity index (χ0v) is 11.9. The molecule has 1 aromatic heterocycles. The lowest BCUT2D eigenvalue weighted by atomic mass is 10.1. The predicted octanol–water partition coefficient (Wildman–Crippen LogP) is 2.38. The van der Waals surface area contributed by atoms with E-state index >= 15 is 0 Å². The Morgan fingerprint density at radius 3 is 2.67 bits per heavy atom. The molecular weight excluding hydrogens is 268 g/mol. The Balaban J connectivity index is 1.85. The number of carbonyl (C=O) groups is 2. The fourth-order valence-corrected chi connectivity index (χ4v) is 2.74. The molecule has 0 saturated heterocycles. The average Bonchev–Trinajstić information content (AvgIpc) is 3.21. The maximum absolute atomic E-state index is 12.5. The van der Waals surface area contributed by atoms with Crippen molar-refractivity contribution in [1.29, 1.82) is 0 Å². The Bertz CT molecular complexity index is 700. The van der Waals surface area contributed by atoms with Crippen LogP contribution in [0.3, 0.4) is 0 Å². The highest BCUT2D eigenvalue weighted by atomic mass is 16.4. The third-order valence-corrected chi connectivity index (χ3v) is 4.27. The second-order valence-electron chi connectivity index (χ2n) is 5.57. The van der Waals surface area contributed by atoms with Crippen LogP contribution in [0.4, 0.5) is 0 Å². The molecule has 1 saturated carbocycles. The van der Waals surface area contributed by atoms with Crippen molar-refractivity contribution in [1.82, 2.24) is 9.88 Å². The van der Waals surface area contributed by atoms with Gasteiger partial charge in [-0.2, -0.15) is 0 Å². The van der Waals surface area contributed by atoms with Gasteiger partial charge in [-0.1, -0.05) is 18.2 Å². The minimum absolute atomic E-state index is 0.261. The van der Waals surface area contributed by atoms with Crippen molar-refractivity contribution in [3.05, 3.63) is 36.0 Å². The minimum Gasteiger partial charge on any atom is -0.480 e. The smallest absolute Gasteiger partial charge is 0.319 e. The van der Waals surface area contributed by atoms with E-state index in [0.29, 0.717) is 25.9 Å². The van der Waals surface area contributed by atoms with Crippen LogP contribution in [-0.4, -0.2) is 33.4 Å². The standard InChI is InChI=1S/C16H18N2O3/c1-2-18(14(19)16(7-8-16)15(20)21)10-11-9-17-13-6-4-3-5-12(11)13/h3-6,9,17H,2,7-8,10H2,1H3,(H,20,21). The summed E-state index contributed by atoms with van der Waals surface area (Å²) < 4.78 is 0. The average molecular weight is 286 g/mol. The highest BCUT2D eigenvalue weighted by Crippen LogP contribution is 2.47. The number of carboxylic acid groups (broad SMARTS) is 1. The van der Waals surface area contributed by atoms with Crippen LogP contribution in [0.15, 0.2) is 30.5 Å². The van der Waals surface area contributed by atoms with E-state index in [1.165, 1.54) is 0 Å². The number of nitrogens with one attached hydrogen (secondary N) is 1. The zero-order valence-electron chi connectivity index (χ0n) is 11.9. The van der Waals surface area contributed by atoms with Crippen molar-refractivity contribution >= 4 is 22.8 Å². The molecule has 1 aromatic carbocycles. The Labute approximate surface area is 122 Å². The first-order valence-electron chi connectivity index (χ1n) is 7.16. The number of aliphatic carboxylic acids is 1. The van der Waals surface area contributed by atoms with Crippen LogP contribution in [-0.2, 0) is 16.1 Å². The molecule has 1 amide bonds. The Kier molecular flexibility index (Phi) is 3.20. The predicted molar refractivity (Wildman–Crippen MR) is 78.7 cm³/mol. The van der Waals surface area contributed by atoms with Gasteiger partial charge in [0.2, 0.25) is 5.91 Å². The number of fused-ring (bicyclic) bond motifs is 1. The number of amides is 1. The molecule has 5 heteroatoms. The van der Waals surface area contributed by atoms with E-state index in [1.54, 1.807) is 4.90 Å². The van der Waals surface area contributed by atoms with Crippen molar-refractivity contribution in [2.24, 2.45) is 5.41 Å². The van der Waals surface area contributed by atoms with Gasteiger partial charge in [-0.15, -0.1) is 0 Å². The van der Waals surface area contributed by atoms with Crippen molar-refractivity contribution in [3.8, 4) is 0 Å². The monoisotopic (exact) mass is 286 g/mol. The number of hydrogen-bond donors (Lipinski definition) is 2. The maximum Gasteiger partial charge on any atom is 0.319 e. The molecule has 0 spiro atoms. The van der Waals surface area contributed by atoms with Crippen LogP contribution in [0.5, 0.6) is 0 Å². The number of hydrogen-bond acceptors (Lipinski definition) is 2. The molecule has 0 radical (unpaired) electrons. The first kappa shape index (κ1) is 13.7. The summed E-state index contributed by atoms with van der Waals surface area (Å²) in [5, 5.41) is 10.3. The number of para-hydroxylation sites is 1. The second-order valence-corrected chi connectivity index (χ2v) is 5.57. The summed E-state index contributed by atoms with van der Waals surface area (Å²) in [6, 6.07) is 7.90. The van der Waals surface area contributed by atoms with E-state index in [2.05, 4.69) is 4.98 Å². The van der Waals surface area contributed by atoms with E-state index in [-0.39, 0.29) is 5.91 Å². The normalized spacial score (nSPS) is 15.9. The van der Waals surface area contributed by atoms with E-state index in [1.807, 2.05) is 37.4 Å². The Morgan fingerprint density at radius 1 is 1.33 bits per heavy atom.